The molecule has 0 spiro atoms. The van der Waals surface area contributed by atoms with E-state index in [1.165, 1.54) is 25.8 Å². The van der Waals surface area contributed by atoms with Crippen LogP contribution in [0.3, 0.4) is 0 Å². The molecule has 2 nitrogen and oxygen atoms in total. The van der Waals surface area contributed by atoms with Crippen LogP contribution in [0, 0.1) is 5.92 Å². The van der Waals surface area contributed by atoms with Crippen LogP contribution in [0.15, 0.2) is 0 Å². The van der Waals surface area contributed by atoms with E-state index in [1.807, 2.05) is 0 Å². The zero-order valence-electron chi connectivity index (χ0n) is 9.75. The lowest BCUT2D eigenvalue weighted by molar-refractivity contribution is 0.00517. The maximum Gasteiger partial charge on any atom is 0.0650 e. The lowest BCUT2D eigenvalue weighted by atomic mass is 9.93. The maximum atomic E-state index is 5.75. The van der Waals surface area contributed by atoms with Gasteiger partial charge in [0, 0.05) is 24.7 Å². The number of nitrogens with zero attached hydrogens (tertiary/aromatic N) is 1. The van der Waals surface area contributed by atoms with Crippen LogP contribution < -0.4 is 0 Å². The Morgan fingerprint density at radius 3 is 2.64 bits per heavy atom. The van der Waals surface area contributed by atoms with Gasteiger partial charge in [-0.1, -0.05) is 0 Å². The minimum atomic E-state index is 0.324. The Balaban J connectivity index is 2.14. The third-order valence-electron chi connectivity index (χ3n) is 3.82. The molecule has 0 amide bonds. The molecule has 2 rings (SSSR count). The third-order valence-corrected chi connectivity index (χ3v) is 3.82. The second-order valence-electron chi connectivity index (χ2n) is 5.32. The van der Waals surface area contributed by atoms with Crippen LogP contribution in [0.4, 0.5) is 0 Å². The molecule has 1 aliphatic carbocycles. The molecule has 1 saturated heterocycles. The molecular weight excluding hydrogens is 174 g/mol. The van der Waals surface area contributed by atoms with E-state index in [0.717, 1.165) is 19.1 Å². The highest BCUT2D eigenvalue weighted by Crippen LogP contribution is 2.44. The second-order valence-corrected chi connectivity index (χ2v) is 5.32. The quantitative estimate of drug-likeness (QED) is 0.673. The summed E-state index contributed by atoms with van der Waals surface area (Å²) in [5, 5.41) is 0. The number of hydrogen-bond acceptors (Lipinski definition) is 2. The Bertz CT molecular complexity index is 200. The van der Waals surface area contributed by atoms with Crippen LogP contribution >= 0.6 is 0 Å². The summed E-state index contributed by atoms with van der Waals surface area (Å²) in [4.78, 5) is 2.66. The first-order valence-corrected chi connectivity index (χ1v) is 5.99. The van der Waals surface area contributed by atoms with Crippen LogP contribution in [0.5, 0.6) is 0 Å². The molecule has 82 valence electrons. The first-order valence-electron chi connectivity index (χ1n) is 5.99. The Morgan fingerprint density at radius 2 is 2.07 bits per heavy atom. The number of hydrogen-bond donors (Lipinski definition) is 0. The molecule has 0 unspecified atom stereocenters. The van der Waals surface area contributed by atoms with E-state index in [4.69, 9.17) is 4.74 Å². The van der Waals surface area contributed by atoms with Crippen molar-refractivity contribution in [3.05, 3.63) is 0 Å². The summed E-state index contributed by atoms with van der Waals surface area (Å²) in [6, 6.07) is 0.655. The fourth-order valence-corrected chi connectivity index (χ4v) is 2.86. The molecule has 1 saturated carbocycles. The molecule has 2 aliphatic rings. The SMILES string of the molecule is CC(C)N1CCCOC[C@]1(C)C1CC1. The highest BCUT2D eigenvalue weighted by molar-refractivity contribution is 5.01. The average Bonchev–Trinajstić information content (AvgIpc) is 2.87. The van der Waals surface area contributed by atoms with E-state index in [1.54, 1.807) is 0 Å². The minimum Gasteiger partial charge on any atom is -0.379 e. The molecule has 1 aliphatic heterocycles. The van der Waals surface area contributed by atoms with Crippen LogP contribution in [0.25, 0.3) is 0 Å². The van der Waals surface area contributed by atoms with E-state index in [-0.39, 0.29) is 0 Å². The summed E-state index contributed by atoms with van der Waals surface area (Å²) in [5.41, 5.74) is 0.324. The standard InChI is InChI=1S/C12H23NO/c1-10(2)13-7-4-8-14-9-12(13,3)11-5-6-11/h10-11H,4-9H2,1-3H3/t12-/m1/s1. The van der Waals surface area contributed by atoms with Gasteiger partial charge < -0.3 is 4.74 Å². The lowest BCUT2D eigenvalue weighted by Crippen LogP contribution is -2.53. The van der Waals surface area contributed by atoms with Gasteiger partial charge in [0.15, 0.2) is 0 Å². The zero-order chi connectivity index (χ0) is 10.2. The Morgan fingerprint density at radius 1 is 1.36 bits per heavy atom. The Hall–Kier alpha value is -0.0800. The van der Waals surface area contributed by atoms with Crippen molar-refractivity contribution in [2.24, 2.45) is 5.92 Å². The van der Waals surface area contributed by atoms with E-state index in [0.29, 0.717) is 11.6 Å². The summed E-state index contributed by atoms with van der Waals surface area (Å²) in [6.45, 7) is 10.1. The summed E-state index contributed by atoms with van der Waals surface area (Å²) in [6.07, 6.45) is 4.01. The van der Waals surface area contributed by atoms with E-state index in [9.17, 15) is 0 Å². The fraction of sp³-hybridized carbons (Fsp3) is 1.00. The fourth-order valence-electron chi connectivity index (χ4n) is 2.86. The first kappa shape index (κ1) is 10.4. The molecule has 0 radical (unpaired) electrons. The zero-order valence-corrected chi connectivity index (χ0v) is 9.75. The van der Waals surface area contributed by atoms with Gasteiger partial charge >= 0.3 is 0 Å². The van der Waals surface area contributed by atoms with Crippen molar-refractivity contribution in [3.8, 4) is 0 Å². The van der Waals surface area contributed by atoms with Crippen molar-refractivity contribution >= 4 is 0 Å². The predicted molar refractivity (Wildman–Crippen MR) is 58.4 cm³/mol. The normalized spacial score (nSPS) is 36.0. The van der Waals surface area contributed by atoms with Crippen LogP contribution in [0.1, 0.15) is 40.0 Å². The molecule has 0 aromatic heterocycles. The lowest BCUT2D eigenvalue weighted by Gasteiger charge is -2.42. The Labute approximate surface area is 87.6 Å². The highest BCUT2D eigenvalue weighted by Gasteiger charge is 2.47. The molecule has 0 bridgehead atoms. The number of rotatable bonds is 2. The van der Waals surface area contributed by atoms with Crippen LogP contribution in [0.2, 0.25) is 0 Å². The molecule has 0 aromatic rings. The van der Waals surface area contributed by atoms with Crippen molar-refractivity contribution < 1.29 is 4.74 Å². The van der Waals surface area contributed by atoms with Gasteiger partial charge in [0.1, 0.15) is 0 Å². The van der Waals surface area contributed by atoms with Gasteiger partial charge in [-0.15, -0.1) is 0 Å². The minimum absolute atomic E-state index is 0.324. The highest BCUT2D eigenvalue weighted by atomic mass is 16.5. The molecular formula is C12H23NO. The maximum absolute atomic E-state index is 5.75. The summed E-state index contributed by atoms with van der Waals surface area (Å²) in [5.74, 6) is 0.892. The third kappa shape index (κ3) is 1.82. The van der Waals surface area contributed by atoms with E-state index < -0.39 is 0 Å². The summed E-state index contributed by atoms with van der Waals surface area (Å²) < 4.78 is 5.75. The van der Waals surface area contributed by atoms with Crippen LogP contribution in [-0.4, -0.2) is 36.2 Å². The molecule has 0 N–H and O–H groups in total. The van der Waals surface area contributed by atoms with Gasteiger partial charge in [-0.2, -0.15) is 0 Å². The second kappa shape index (κ2) is 3.82. The van der Waals surface area contributed by atoms with E-state index in [2.05, 4.69) is 25.7 Å². The van der Waals surface area contributed by atoms with Gasteiger partial charge in [0.2, 0.25) is 0 Å². The topological polar surface area (TPSA) is 12.5 Å². The Kier molecular flexibility index (Phi) is 2.85. The molecule has 0 aromatic carbocycles. The summed E-state index contributed by atoms with van der Waals surface area (Å²) in [7, 11) is 0. The monoisotopic (exact) mass is 197 g/mol. The average molecular weight is 197 g/mol. The molecule has 1 atom stereocenters. The van der Waals surface area contributed by atoms with Crippen molar-refractivity contribution in [3.63, 3.8) is 0 Å². The van der Waals surface area contributed by atoms with Gasteiger partial charge in [-0.25, -0.2) is 0 Å². The van der Waals surface area contributed by atoms with Crippen molar-refractivity contribution in [2.75, 3.05) is 19.8 Å². The molecule has 14 heavy (non-hydrogen) atoms. The van der Waals surface area contributed by atoms with Crippen LogP contribution in [-0.2, 0) is 4.74 Å². The van der Waals surface area contributed by atoms with Gasteiger partial charge in [-0.05, 0) is 46.0 Å². The van der Waals surface area contributed by atoms with Gasteiger partial charge in [0.05, 0.1) is 6.61 Å². The van der Waals surface area contributed by atoms with E-state index >= 15 is 0 Å². The molecule has 2 heteroatoms. The predicted octanol–water partition coefficient (Wildman–Crippen LogP) is 2.29. The largest absolute Gasteiger partial charge is 0.379 e. The molecule has 2 fully saturated rings. The summed E-state index contributed by atoms with van der Waals surface area (Å²) >= 11 is 0. The smallest absolute Gasteiger partial charge is 0.0650 e. The van der Waals surface area contributed by atoms with Gasteiger partial charge in [0.25, 0.3) is 0 Å². The van der Waals surface area contributed by atoms with Crippen molar-refractivity contribution in [1.29, 1.82) is 0 Å². The van der Waals surface area contributed by atoms with Gasteiger partial charge in [-0.3, -0.25) is 4.90 Å². The number of ether oxygens (including phenoxy) is 1. The van der Waals surface area contributed by atoms with Crippen molar-refractivity contribution in [2.45, 2.75) is 51.6 Å². The first-order chi connectivity index (χ1) is 6.64. The van der Waals surface area contributed by atoms with Crippen molar-refractivity contribution in [1.82, 2.24) is 4.90 Å². The molecule has 1 heterocycles.